The minimum atomic E-state index is 0.551. The first-order chi connectivity index (χ1) is 8.69. The summed E-state index contributed by atoms with van der Waals surface area (Å²) in [6.07, 6.45) is 3.37. The lowest BCUT2D eigenvalue weighted by molar-refractivity contribution is 0.410. The fraction of sp³-hybridized carbons (Fsp3) is 0.167. The van der Waals surface area contributed by atoms with E-state index in [1.54, 1.807) is 25.6 Å². The number of nitrogens with zero attached hydrogens (tertiary/aromatic N) is 2. The monoisotopic (exact) mass is 308 g/mol. The standard InChI is InChI=1S/C12H13BrN4O/c1-18-11-3-2-10(14)4-8(11)5-15-12-16-6-9(13)7-17-12/h2-4,6-7H,5,14H2,1H3,(H,15,16,17). The number of halogens is 1. The maximum Gasteiger partial charge on any atom is 0.222 e. The van der Waals surface area contributed by atoms with Gasteiger partial charge in [-0.05, 0) is 34.1 Å². The molecule has 0 aliphatic rings. The number of nitrogen functional groups attached to an aromatic ring is 1. The smallest absolute Gasteiger partial charge is 0.222 e. The van der Waals surface area contributed by atoms with Crippen molar-refractivity contribution in [3.05, 3.63) is 40.6 Å². The van der Waals surface area contributed by atoms with Crippen LogP contribution in [0.5, 0.6) is 5.75 Å². The largest absolute Gasteiger partial charge is 0.496 e. The van der Waals surface area contributed by atoms with Gasteiger partial charge in [0.2, 0.25) is 5.95 Å². The van der Waals surface area contributed by atoms with Crippen LogP contribution in [0.4, 0.5) is 11.6 Å². The van der Waals surface area contributed by atoms with E-state index in [0.717, 1.165) is 15.8 Å². The predicted molar refractivity (Wildman–Crippen MR) is 74.5 cm³/mol. The van der Waals surface area contributed by atoms with E-state index in [4.69, 9.17) is 10.5 Å². The molecule has 6 heteroatoms. The molecule has 0 amide bonds. The number of hydrogen-bond acceptors (Lipinski definition) is 5. The first kappa shape index (κ1) is 12.6. The highest BCUT2D eigenvalue weighted by Crippen LogP contribution is 2.21. The first-order valence-corrected chi connectivity index (χ1v) is 6.12. The molecule has 0 aliphatic heterocycles. The Morgan fingerprint density at radius 3 is 2.72 bits per heavy atom. The quantitative estimate of drug-likeness (QED) is 0.849. The lowest BCUT2D eigenvalue weighted by atomic mass is 10.2. The van der Waals surface area contributed by atoms with Crippen LogP contribution >= 0.6 is 15.9 Å². The van der Waals surface area contributed by atoms with Crippen LogP contribution in [-0.2, 0) is 6.54 Å². The zero-order valence-electron chi connectivity index (χ0n) is 9.85. The Kier molecular flexibility index (Phi) is 3.99. The fourth-order valence-electron chi connectivity index (χ4n) is 1.51. The van der Waals surface area contributed by atoms with E-state index in [9.17, 15) is 0 Å². The zero-order valence-corrected chi connectivity index (χ0v) is 11.4. The van der Waals surface area contributed by atoms with Gasteiger partial charge in [0.25, 0.3) is 0 Å². The summed E-state index contributed by atoms with van der Waals surface area (Å²) in [5.41, 5.74) is 7.41. The summed E-state index contributed by atoms with van der Waals surface area (Å²) >= 11 is 3.28. The van der Waals surface area contributed by atoms with Crippen molar-refractivity contribution < 1.29 is 4.74 Å². The highest BCUT2D eigenvalue weighted by atomic mass is 79.9. The molecule has 0 aliphatic carbocycles. The molecule has 2 rings (SSSR count). The summed E-state index contributed by atoms with van der Waals surface area (Å²) in [6.45, 7) is 0.551. The normalized spacial score (nSPS) is 10.1. The van der Waals surface area contributed by atoms with Crippen LogP contribution in [0.15, 0.2) is 35.1 Å². The molecule has 1 aromatic heterocycles. The summed E-state index contributed by atoms with van der Waals surface area (Å²) in [5, 5.41) is 3.11. The summed E-state index contributed by atoms with van der Waals surface area (Å²) in [7, 11) is 1.63. The average Bonchev–Trinajstić information content (AvgIpc) is 2.38. The van der Waals surface area contributed by atoms with Crippen LogP contribution in [0.2, 0.25) is 0 Å². The number of nitrogens with two attached hydrogens (primary N) is 1. The van der Waals surface area contributed by atoms with Crippen LogP contribution in [0.3, 0.4) is 0 Å². The van der Waals surface area contributed by atoms with Crippen molar-refractivity contribution in [2.75, 3.05) is 18.2 Å². The van der Waals surface area contributed by atoms with Crippen molar-refractivity contribution in [2.45, 2.75) is 6.54 Å². The number of nitrogens with one attached hydrogen (secondary N) is 1. The van der Waals surface area contributed by atoms with E-state index < -0.39 is 0 Å². The summed E-state index contributed by atoms with van der Waals surface area (Å²) in [6, 6.07) is 5.51. The Labute approximate surface area is 114 Å². The molecule has 0 spiro atoms. The van der Waals surface area contributed by atoms with Gasteiger partial charge in [0.05, 0.1) is 11.6 Å². The molecule has 94 valence electrons. The predicted octanol–water partition coefficient (Wildman–Crippen LogP) is 2.44. The molecule has 18 heavy (non-hydrogen) atoms. The topological polar surface area (TPSA) is 73.1 Å². The van der Waals surface area contributed by atoms with Gasteiger partial charge in [-0.3, -0.25) is 0 Å². The summed E-state index contributed by atoms with van der Waals surface area (Å²) < 4.78 is 6.11. The fourth-order valence-corrected chi connectivity index (χ4v) is 1.72. The molecule has 5 nitrogen and oxygen atoms in total. The van der Waals surface area contributed by atoms with Gasteiger partial charge >= 0.3 is 0 Å². The SMILES string of the molecule is COc1ccc(N)cc1CNc1ncc(Br)cn1. The highest BCUT2D eigenvalue weighted by molar-refractivity contribution is 9.10. The number of methoxy groups -OCH3 is 1. The van der Waals surface area contributed by atoms with Crippen molar-refractivity contribution in [1.82, 2.24) is 9.97 Å². The Morgan fingerprint density at radius 2 is 2.06 bits per heavy atom. The van der Waals surface area contributed by atoms with E-state index in [-0.39, 0.29) is 0 Å². The molecule has 0 radical (unpaired) electrons. The van der Waals surface area contributed by atoms with E-state index in [0.29, 0.717) is 18.2 Å². The lowest BCUT2D eigenvalue weighted by Crippen LogP contribution is -2.05. The van der Waals surface area contributed by atoms with Crippen LogP contribution in [0.1, 0.15) is 5.56 Å². The van der Waals surface area contributed by atoms with Crippen LogP contribution in [0.25, 0.3) is 0 Å². The number of benzene rings is 1. The molecule has 3 N–H and O–H groups in total. The Morgan fingerprint density at radius 1 is 1.33 bits per heavy atom. The highest BCUT2D eigenvalue weighted by Gasteiger charge is 2.04. The number of anilines is 2. The van der Waals surface area contributed by atoms with Crippen molar-refractivity contribution in [2.24, 2.45) is 0 Å². The Balaban J connectivity index is 2.09. The molecule has 0 fully saturated rings. The zero-order chi connectivity index (χ0) is 13.0. The van der Waals surface area contributed by atoms with Crippen LogP contribution < -0.4 is 15.8 Å². The van der Waals surface area contributed by atoms with Gasteiger partial charge in [-0.15, -0.1) is 0 Å². The number of ether oxygens (including phenoxy) is 1. The Bertz CT molecular complexity index is 530. The minimum Gasteiger partial charge on any atom is -0.496 e. The second-order valence-electron chi connectivity index (χ2n) is 3.65. The van der Waals surface area contributed by atoms with Crippen LogP contribution in [-0.4, -0.2) is 17.1 Å². The molecular formula is C12H13BrN4O. The van der Waals surface area contributed by atoms with Gasteiger partial charge < -0.3 is 15.8 Å². The maximum atomic E-state index is 5.75. The minimum absolute atomic E-state index is 0.551. The average molecular weight is 309 g/mol. The van der Waals surface area contributed by atoms with Crippen molar-refractivity contribution >= 4 is 27.6 Å². The van der Waals surface area contributed by atoms with Gasteiger partial charge in [-0.25, -0.2) is 9.97 Å². The third-order valence-corrected chi connectivity index (χ3v) is 2.77. The molecule has 0 saturated heterocycles. The van der Waals surface area contributed by atoms with E-state index in [2.05, 4.69) is 31.2 Å². The second kappa shape index (κ2) is 5.68. The molecule has 2 aromatic rings. The van der Waals surface area contributed by atoms with Gasteiger partial charge in [-0.2, -0.15) is 0 Å². The Hall–Kier alpha value is -1.82. The molecular weight excluding hydrogens is 296 g/mol. The third-order valence-electron chi connectivity index (χ3n) is 2.36. The van der Waals surface area contributed by atoms with Gasteiger partial charge in [0, 0.05) is 30.2 Å². The van der Waals surface area contributed by atoms with Gasteiger partial charge in [0.15, 0.2) is 0 Å². The molecule has 1 heterocycles. The second-order valence-corrected chi connectivity index (χ2v) is 4.57. The van der Waals surface area contributed by atoms with E-state index >= 15 is 0 Å². The first-order valence-electron chi connectivity index (χ1n) is 5.33. The molecule has 0 bridgehead atoms. The summed E-state index contributed by atoms with van der Waals surface area (Å²) in [5.74, 6) is 1.34. The molecule has 0 saturated carbocycles. The van der Waals surface area contributed by atoms with Crippen molar-refractivity contribution in [3.8, 4) is 5.75 Å². The molecule has 0 unspecified atom stereocenters. The molecule has 0 atom stereocenters. The molecule has 1 aromatic carbocycles. The number of aromatic nitrogens is 2. The third kappa shape index (κ3) is 3.10. The number of rotatable bonds is 4. The van der Waals surface area contributed by atoms with E-state index in [1.165, 1.54) is 0 Å². The van der Waals surface area contributed by atoms with Gasteiger partial charge in [0.1, 0.15) is 5.75 Å². The summed E-state index contributed by atoms with van der Waals surface area (Å²) in [4.78, 5) is 8.26. The van der Waals surface area contributed by atoms with Crippen molar-refractivity contribution in [3.63, 3.8) is 0 Å². The van der Waals surface area contributed by atoms with Crippen LogP contribution in [0, 0.1) is 0 Å². The number of hydrogen-bond donors (Lipinski definition) is 2. The van der Waals surface area contributed by atoms with E-state index in [1.807, 2.05) is 12.1 Å². The lowest BCUT2D eigenvalue weighted by Gasteiger charge is -2.10. The van der Waals surface area contributed by atoms with Gasteiger partial charge in [-0.1, -0.05) is 0 Å². The maximum absolute atomic E-state index is 5.75. The van der Waals surface area contributed by atoms with Crippen molar-refractivity contribution in [1.29, 1.82) is 0 Å².